The number of amides is 1. The summed E-state index contributed by atoms with van der Waals surface area (Å²) in [6.45, 7) is 1.87. The molecule has 0 atom stereocenters. The van der Waals surface area contributed by atoms with Crippen LogP contribution >= 0.6 is 0 Å². The number of nitrogens with one attached hydrogen (secondary N) is 2. The summed E-state index contributed by atoms with van der Waals surface area (Å²) >= 11 is 0. The van der Waals surface area contributed by atoms with Gasteiger partial charge >= 0.3 is 0 Å². The molecule has 0 spiro atoms. The van der Waals surface area contributed by atoms with Gasteiger partial charge in [-0.3, -0.25) is 9.59 Å². The van der Waals surface area contributed by atoms with Crippen LogP contribution in [0.15, 0.2) is 60.8 Å². The van der Waals surface area contributed by atoms with Crippen molar-refractivity contribution in [3.8, 4) is 5.75 Å². The lowest BCUT2D eigenvalue weighted by molar-refractivity contribution is 0.0945. The fraction of sp³-hybridized carbons (Fsp3) is 0.143. The molecule has 2 N–H and O–H groups in total. The van der Waals surface area contributed by atoms with Crippen LogP contribution in [0.3, 0.4) is 0 Å². The van der Waals surface area contributed by atoms with Gasteiger partial charge in [0.2, 0.25) is 5.95 Å². The van der Waals surface area contributed by atoms with Gasteiger partial charge in [0.15, 0.2) is 5.78 Å². The van der Waals surface area contributed by atoms with Crippen molar-refractivity contribution in [2.75, 3.05) is 12.4 Å². The maximum Gasteiger partial charge on any atom is 0.270 e. The van der Waals surface area contributed by atoms with Gasteiger partial charge in [-0.25, -0.2) is 9.97 Å². The molecule has 1 amide bonds. The number of ketones is 1. The molecule has 0 fully saturated rings. The van der Waals surface area contributed by atoms with E-state index < -0.39 is 0 Å². The van der Waals surface area contributed by atoms with Gasteiger partial charge in [0.25, 0.3) is 5.91 Å². The van der Waals surface area contributed by atoms with Crippen LogP contribution in [0.2, 0.25) is 0 Å². The highest BCUT2D eigenvalue weighted by Gasteiger charge is 2.09. The topological polar surface area (TPSA) is 93.2 Å². The number of Topliss-reactive ketones (excluding diaryl/α,β-unsaturated/α-hetero) is 1. The Bertz CT molecular complexity index is 987. The van der Waals surface area contributed by atoms with Crippen molar-refractivity contribution >= 4 is 23.3 Å². The molecule has 3 rings (SSSR count). The normalized spacial score (nSPS) is 10.2. The summed E-state index contributed by atoms with van der Waals surface area (Å²) in [5.74, 6) is 0.697. The quantitative estimate of drug-likeness (QED) is 0.614. The summed E-state index contributed by atoms with van der Waals surface area (Å²) in [5.41, 5.74) is 2.44. The molecule has 7 nitrogen and oxygen atoms in total. The van der Waals surface area contributed by atoms with Gasteiger partial charge in [-0.15, -0.1) is 0 Å². The summed E-state index contributed by atoms with van der Waals surface area (Å²) in [7, 11) is 1.61. The number of rotatable bonds is 7. The van der Waals surface area contributed by atoms with Gasteiger partial charge in [-0.2, -0.15) is 0 Å². The monoisotopic (exact) mass is 376 g/mol. The molecule has 1 aromatic heterocycles. The average molecular weight is 376 g/mol. The zero-order valence-electron chi connectivity index (χ0n) is 15.6. The lowest BCUT2D eigenvalue weighted by Gasteiger charge is -2.08. The van der Waals surface area contributed by atoms with Gasteiger partial charge in [-0.05, 0) is 42.8 Å². The zero-order valence-corrected chi connectivity index (χ0v) is 15.6. The van der Waals surface area contributed by atoms with E-state index in [0.717, 1.165) is 11.3 Å². The standard InChI is InChI=1S/C21H20N4O3/c1-14(26)16-4-3-5-17(12-16)24-21-22-11-10-19(25-21)20(27)23-13-15-6-8-18(28-2)9-7-15/h3-12H,13H2,1-2H3,(H,23,27)(H,22,24,25). The Morgan fingerprint density at radius 2 is 1.86 bits per heavy atom. The van der Waals surface area contributed by atoms with Crippen molar-refractivity contribution in [2.24, 2.45) is 0 Å². The van der Waals surface area contributed by atoms with E-state index in [1.165, 1.54) is 13.1 Å². The number of aromatic nitrogens is 2. The van der Waals surface area contributed by atoms with Crippen LogP contribution in [0.25, 0.3) is 0 Å². The Kier molecular flexibility index (Phi) is 5.96. The largest absolute Gasteiger partial charge is 0.497 e. The van der Waals surface area contributed by atoms with E-state index in [-0.39, 0.29) is 23.3 Å². The first-order valence-electron chi connectivity index (χ1n) is 8.67. The van der Waals surface area contributed by atoms with Crippen LogP contribution in [0, 0.1) is 0 Å². The van der Waals surface area contributed by atoms with E-state index in [2.05, 4.69) is 20.6 Å². The number of ether oxygens (including phenoxy) is 1. The number of hydrogen-bond acceptors (Lipinski definition) is 6. The second kappa shape index (κ2) is 8.77. The second-order valence-electron chi connectivity index (χ2n) is 6.06. The van der Waals surface area contributed by atoms with Gasteiger partial charge in [-0.1, -0.05) is 24.3 Å². The van der Waals surface area contributed by atoms with Crippen LogP contribution in [-0.2, 0) is 6.54 Å². The van der Waals surface area contributed by atoms with E-state index >= 15 is 0 Å². The average Bonchev–Trinajstić information content (AvgIpc) is 2.72. The van der Waals surface area contributed by atoms with E-state index in [9.17, 15) is 9.59 Å². The van der Waals surface area contributed by atoms with Gasteiger partial charge in [0.05, 0.1) is 7.11 Å². The molecule has 0 aliphatic carbocycles. The molecular weight excluding hydrogens is 356 g/mol. The maximum atomic E-state index is 12.4. The number of anilines is 2. The number of benzene rings is 2. The smallest absolute Gasteiger partial charge is 0.270 e. The molecule has 0 saturated heterocycles. The number of carbonyl (C=O) groups is 2. The minimum atomic E-state index is -0.307. The van der Waals surface area contributed by atoms with Gasteiger partial charge in [0, 0.05) is 24.0 Å². The van der Waals surface area contributed by atoms with Gasteiger partial charge < -0.3 is 15.4 Å². The first-order valence-corrected chi connectivity index (χ1v) is 8.67. The highest BCUT2D eigenvalue weighted by atomic mass is 16.5. The highest BCUT2D eigenvalue weighted by molar-refractivity contribution is 5.95. The first kappa shape index (κ1) is 19.0. The van der Waals surface area contributed by atoms with E-state index in [4.69, 9.17) is 4.74 Å². The van der Waals surface area contributed by atoms with Crippen molar-refractivity contribution in [3.63, 3.8) is 0 Å². The Morgan fingerprint density at radius 1 is 1.07 bits per heavy atom. The summed E-state index contributed by atoms with van der Waals surface area (Å²) in [5, 5.41) is 5.84. The fourth-order valence-corrected chi connectivity index (χ4v) is 2.51. The zero-order chi connectivity index (χ0) is 19.9. The summed E-state index contributed by atoms with van der Waals surface area (Å²) in [4.78, 5) is 32.3. The van der Waals surface area contributed by atoms with Crippen molar-refractivity contribution in [1.29, 1.82) is 0 Å². The molecule has 7 heteroatoms. The first-order chi connectivity index (χ1) is 13.5. The Morgan fingerprint density at radius 3 is 2.57 bits per heavy atom. The Hall–Kier alpha value is -3.74. The minimum absolute atomic E-state index is 0.0313. The SMILES string of the molecule is COc1ccc(CNC(=O)c2ccnc(Nc3cccc(C(C)=O)c3)n2)cc1. The Labute approximate surface area is 162 Å². The third kappa shape index (κ3) is 4.91. The molecule has 1 heterocycles. The van der Waals surface area contributed by atoms with Crippen LogP contribution in [0.1, 0.15) is 33.3 Å². The van der Waals surface area contributed by atoms with E-state index in [1.54, 1.807) is 37.4 Å². The molecule has 0 unspecified atom stereocenters. The van der Waals surface area contributed by atoms with Crippen LogP contribution in [0.5, 0.6) is 5.75 Å². The van der Waals surface area contributed by atoms with Crippen molar-refractivity contribution in [1.82, 2.24) is 15.3 Å². The molecule has 0 aliphatic heterocycles. The summed E-state index contributed by atoms with van der Waals surface area (Å²) in [6, 6.07) is 16.0. The van der Waals surface area contributed by atoms with Gasteiger partial charge in [0.1, 0.15) is 11.4 Å². The summed E-state index contributed by atoms with van der Waals surface area (Å²) < 4.78 is 5.12. The molecule has 0 aliphatic rings. The molecule has 3 aromatic rings. The molecule has 142 valence electrons. The Balaban J connectivity index is 1.65. The van der Waals surface area contributed by atoms with Crippen LogP contribution < -0.4 is 15.4 Å². The van der Waals surface area contributed by atoms with Crippen molar-refractivity contribution in [3.05, 3.63) is 77.6 Å². The summed E-state index contributed by atoms with van der Waals surface area (Å²) in [6.07, 6.45) is 1.51. The fourth-order valence-electron chi connectivity index (χ4n) is 2.51. The van der Waals surface area contributed by atoms with Crippen molar-refractivity contribution in [2.45, 2.75) is 13.5 Å². The number of nitrogens with zero attached hydrogens (tertiary/aromatic N) is 2. The number of methoxy groups -OCH3 is 1. The molecular formula is C21H20N4O3. The maximum absolute atomic E-state index is 12.4. The lowest BCUT2D eigenvalue weighted by Crippen LogP contribution is -2.24. The highest BCUT2D eigenvalue weighted by Crippen LogP contribution is 2.15. The number of hydrogen-bond donors (Lipinski definition) is 2. The van der Waals surface area contributed by atoms with E-state index in [1.807, 2.05) is 24.3 Å². The third-order valence-corrected chi connectivity index (χ3v) is 4.03. The lowest BCUT2D eigenvalue weighted by atomic mass is 10.1. The van der Waals surface area contributed by atoms with Crippen LogP contribution in [0.4, 0.5) is 11.6 Å². The minimum Gasteiger partial charge on any atom is -0.497 e. The van der Waals surface area contributed by atoms with Crippen LogP contribution in [-0.4, -0.2) is 28.8 Å². The molecule has 28 heavy (non-hydrogen) atoms. The second-order valence-corrected chi connectivity index (χ2v) is 6.06. The molecule has 2 aromatic carbocycles. The predicted octanol–water partition coefficient (Wildman–Crippen LogP) is 3.36. The molecule has 0 bridgehead atoms. The van der Waals surface area contributed by atoms with Crippen molar-refractivity contribution < 1.29 is 14.3 Å². The van der Waals surface area contributed by atoms with E-state index in [0.29, 0.717) is 17.8 Å². The number of carbonyl (C=O) groups excluding carboxylic acids is 2. The third-order valence-electron chi connectivity index (χ3n) is 4.03. The molecule has 0 radical (unpaired) electrons. The molecule has 0 saturated carbocycles. The predicted molar refractivity (Wildman–Crippen MR) is 106 cm³/mol.